The van der Waals surface area contributed by atoms with Gasteiger partial charge in [-0.3, -0.25) is 9.59 Å². The van der Waals surface area contributed by atoms with Gasteiger partial charge in [-0.2, -0.15) is 0 Å². The minimum Gasteiger partial charge on any atom is -0.343 e. The van der Waals surface area contributed by atoms with E-state index in [9.17, 15) is 9.59 Å². The largest absolute Gasteiger partial charge is 0.343 e. The molecule has 8 heteroatoms. The summed E-state index contributed by atoms with van der Waals surface area (Å²) in [5.41, 5.74) is 2.78. The number of nitrogens with one attached hydrogen (secondary N) is 1. The number of carbonyl (C=O) groups excluding carboxylic acids is 1. The Labute approximate surface area is 168 Å². The Morgan fingerprint density at radius 3 is 2.62 bits per heavy atom. The lowest BCUT2D eigenvalue weighted by Gasteiger charge is -2.31. The van der Waals surface area contributed by atoms with Crippen molar-refractivity contribution in [3.05, 3.63) is 51.6 Å². The van der Waals surface area contributed by atoms with Crippen molar-refractivity contribution in [2.75, 3.05) is 13.1 Å². The van der Waals surface area contributed by atoms with Crippen LogP contribution in [-0.4, -0.2) is 48.9 Å². The second-order valence-electron chi connectivity index (χ2n) is 7.76. The molecule has 1 aromatic carbocycles. The number of aromatic nitrogens is 5. The second-order valence-corrected chi connectivity index (χ2v) is 7.76. The molecule has 0 bridgehead atoms. The number of piperidine rings is 1. The molecule has 2 aromatic heterocycles. The number of nitrogens with zero attached hydrogens (tertiary/aromatic N) is 5. The van der Waals surface area contributed by atoms with Crippen LogP contribution in [0.5, 0.6) is 0 Å². The third-order valence-corrected chi connectivity index (χ3v) is 5.54. The number of hydrogen-bond acceptors (Lipinski definition) is 5. The average Bonchev–Trinajstić information content (AvgIpc) is 3.13. The predicted molar refractivity (Wildman–Crippen MR) is 110 cm³/mol. The molecule has 0 atom stereocenters. The first-order valence-corrected chi connectivity index (χ1v) is 10.2. The fraction of sp³-hybridized carbons (Fsp3) is 0.476. The van der Waals surface area contributed by atoms with Gasteiger partial charge in [0.15, 0.2) is 11.2 Å². The molecular weight excluding hydrogens is 368 g/mol. The van der Waals surface area contributed by atoms with Gasteiger partial charge < -0.3 is 9.88 Å². The first-order chi connectivity index (χ1) is 14.0. The van der Waals surface area contributed by atoms with E-state index in [1.165, 1.54) is 5.56 Å². The molecule has 1 aliphatic rings. The maximum atomic E-state index is 12.5. The molecule has 8 nitrogen and oxygen atoms in total. The number of benzene rings is 1. The topological polar surface area (TPSA) is 96.8 Å². The summed E-state index contributed by atoms with van der Waals surface area (Å²) in [4.78, 5) is 34.2. The molecule has 0 unspecified atom stereocenters. The fourth-order valence-electron chi connectivity index (χ4n) is 3.82. The molecule has 0 radical (unpaired) electrons. The van der Waals surface area contributed by atoms with Crippen molar-refractivity contribution in [3.8, 4) is 0 Å². The van der Waals surface area contributed by atoms with Crippen molar-refractivity contribution in [1.29, 1.82) is 0 Å². The summed E-state index contributed by atoms with van der Waals surface area (Å²) in [6.45, 7) is 5.97. The zero-order chi connectivity index (χ0) is 20.4. The van der Waals surface area contributed by atoms with E-state index in [-0.39, 0.29) is 22.9 Å². The first-order valence-electron chi connectivity index (χ1n) is 10.2. The monoisotopic (exact) mass is 394 g/mol. The summed E-state index contributed by atoms with van der Waals surface area (Å²) in [6.07, 6.45) is 3.05. The van der Waals surface area contributed by atoms with Gasteiger partial charge in [0.25, 0.3) is 5.56 Å². The average molecular weight is 394 g/mol. The van der Waals surface area contributed by atoms with E-state index in [1.807, 2.05) is 43.0 Å². The Kier molecular flexibility index (Phi) is 5.42. The Hall–Kier alpha value is -3.03. The van der Waals surface area contributed by atoms with E-state index >= 15 is 0 Å². The molecule has 3 aromatic rings. The zero-order valence-corrected chi connectivity index (χ0v) is 16.9. The quantitative estimate of drug-likeness (QED) is 0.717. The summed E-state index contributed by atoms with van der Waals surface area (Å²) < 4.78 is 1.68. The van der Waals surface area contributed by atoms with Crippen LogP contribution in [0, 0.1) is 6.92 Å². The van der Waals surface area contributed by atoms with Gasteiger partial charge in [0.05, 0.1) is 6.54 Å². The number of hydrogen-bond donors (Lipinski definition) is 1. The Bertz CT molecular complexity index is 1060. The number of H-pyrrole nitrogens is 1. The minimum absolute atomic E-state index is 0.125. The molecule has 1 aliphatic heterocycles. The van der Waals surface area contributed by atoms with Gasteiger partial charge in [-0.1, -0.05) is 42.0 Å². The van der Waals surface area contributed by atoms with E-state index in [2.05, 4.69) is 15.3 Å². The Morgan fingerprint density at radius 1 is 1.21 bits per heavy atom. The highest BCUT2D eigenvalue weighted by Crippen LogP contribution is 2.26. The van der Waals surface area contributed by atoms with E-state index < -0.39 is 0 Å². The predicted octanol–water partition coefficient (Wildman–Crippen LogP) is 2.38. The molecule has 29 heavy (non-hydrogen) atoms. The van der Waals surface area contributed by atoms with Crippen molar-refractivity contribution in [1.82, 2.24) is 29.9 Å². The van der Waals surface area contributed by atoms with Crippen molar-refractivity contribution in [2.24, 2.45) is 0 Å². The number of aromatic amines is 1. The Balaban J connectivity index is 1.56. The highest BCUT2D eigenvalue weighted by Gasteiger charge is 2.26. The van der Waals surface area contributed by atoms with Crippen molar-refractivity contribution in [2.45, 2.75) is 52.0 Å². The zero-order valence-electron chi connectivity index (χ0n) is 16.9. The van der Waals surface area contributed by atoms with Crippen molar-refractivity contribution < 1.29 is 4.79 Å². The van der Waals surface area contributed by atoms with Gasteiger partial charge in [-0.05, 0) is 31.7 Å². The maximum absolute atomic E-state index is 12.5. The minimum atomic E-state index is -0.260. The molecule has 3 heterocycles. The lowest BCUT2D eigenvalue weighted by Crippen LogP contribution is -2.38. The first kappa shape index (κ1) is 19.3. The smallest absolute Gasteiger partial charge is 0.281 e. The number of aryl methyl sites for hydroxylation is 1. The van der Waals surface area contributed by atoms with Gasteiger partial charge in [0.2, 0.25) is 5.91 Å². The van der Waals surface area contributed by atoms with Crippen molar-refractivity contribution in [3.63, 3.8) is 0 Å². The number of carbonyl (C=O) groups is 1. The summed E-state index contributed by atoms with van der Waals surface area (Å²) in [5, 5.41) is 8.17. The van der Waals surface area contributed by atoms with Crippen LogP contribution >= 0.6 is 0 Å². The highest BCUT2D eigenvalue weighted by molar-refractivity contribution is 5.76. The van der Waals surface area contributed by atoms with Crippen LogP contribution in [0.2, 0.25) is 0 Å². The number of amides is 1. The van der Waals surface area contributed by atoms with Gasteiger partial charge in [0, 0.05) is 25.4 Å². The van der Waals surface area contributed by atoms with Gasteiger partial charge >= 0.3 is 0 Å². The summed E-state index contributed by atoms with van der Waals surface area (Å²) >= 11 is 0. The number of likely N-dealkylation sites (tertiary alicyclic amines) is 1. The van der Waals surface area contributed by atoms with E-state index in [1.54, 1.807) is 4.68 Å². The van der Waals surface area contributed by atoms with Gasteiger partial charge in [-0.15, -0.1) is 5.10 Å². The summed E-state index contributed by atoms with van der Waals surface area (Å²) in [6, 6.07) is 8.18. The third kappa shape index (κ3) is 4.06. The SMILES string of the molecule is CCCC(=O)N1CCC(c2nc3c(nnn3Cc3ccc(C)cc3)c(=O)[nH]2)CC1. The van der Waals surface area contributed by atoms with E-state index in [4.69, 9.17) is 4.98 Å². The molecule has 1 fully saturated rings. The normalized spacial score (nSPS) is 15.2. The molecule has 0 aliphatic carbocycles. The maximum Gasteiger partial charge on any atom is 0.281 e. The van der Waals surface area contributed by atoms with Crippen LogP contribution in [0.3, 0.4) is 0 Å². The molecule has 1 amide bonds. The standard InChI is InChI=1S/C21H26N6O2/c1-3-4-17(28)26-11-9-16(10-12-26)19-22-20-18(21(29)23-19)24-25-27(20)13-15-7-5-14(2)6-8-15/h5-8,16H,3-4,9-13H2,1-2H3,(H,22,23,29). The number of fused-ring (bicyclic) bond motifs is 1. The number of rotatable bonds is 5. The molecule has 0 spiro atoms. The summed E-state index contributed by atoms with van der Waals surface area (Å²) in [7, 11) is 0. The molecule has 152 valence electrons. The molecule has 1 N–H and O–H groups in total. The van der Waals surface area contributed by atoms with Gasteiger partial charge in [0.1, 0.15) is 5.82 Å². The molecule has 0 saturated carbocycles. The van der Waals surface area contributed by atoms with Crippen LogP contribution in [0.25, 0.3) is 11.2 Å². The second kappa shape index (κ2) is 8.14. The van der Waals surface area contributed by atoms with Crippen LogP contribution < -0.4 is 5.56 Å². The van der Waals surface area contributed by atoms with Crippen LogP contribution in [-0.2, 0) is 11.3 Å². The Morgan fingerprint density at radius 2 is 1.93 bits per heavy atom. The van der Waals surface area contributed by atoms with Crippen LogP contribution in [0.4, 0.5) is 0 Å². The van der Waals surface area contributed by atoms with Crippen molar-refractivity contribution >= 4 is 17.1 Å². The molecule has 4 rings (SSSR count). The molecular formula is C21H26N6O2. The van der Waals surface area contributed by atoms with Crippen LogP contribution in [0.15, 0.2) is 29.1 Å². The third-order valence-electron chi connectivity index (χ3n) is 5.54. The van der Waals surface area contributed by atoms with Gasteiger partial charge in [-0.25, -0.2) is 9.67 Å². The van der Waals surface area contributed by atoms with E-state index in [0.29, 0.717) is 37.5 Å². The summed E-state index contributed by atoms with van der Waals surface area (Å²) in [5.74, 6) is 1.00. The lowest BCUT2D eigenvalue weighted by atomic mass is 9.95. The van der Waals surface area contributed by atoms with Crippen LogP contribution in [0.1, 0.15) is 55.5 Å². The highest BCUT2D eigenvalue weighted by atomic mass is 16.2. The lowest BCUT2D eigenvalue weighted by molar-refractivity contribution is -0.132. The fourth-order valence-corrected chi connectivity index (χ4v) is 3.82. The van der Waals surface area contributed by atoms with E-state index in [0.717, 1.165) is 24.8 Å². The molecule has 1 saturated heterocycles.